The summed E-state index contributed by atoms with van der Waals surface area (Å²) in [6, 6.07) is 7.21. The van der Waals surface area contributed by atoms with Crippen LogP contribution in [0.3, 0.4) is 0 Å². The minimum absolute atomic E-state index is 0.0371. The zero-order valence-corrected chi connectivity index (χ0v) is 19.2. The Morgan fingerprint density at radius 2 is 2.00 bits per heavy atom. The first-order chi connectivity index (χ1) is 14.6. The second-order valence-electron chi connectivity index (χ2n) is 8.53. The number of nitrogens with two attached hydrogens (primary N) is 1. The van der Waals surface area contributed by atoms with Crippen LogP contribution in [-0.2, 0) is 26.8 Å². The molecule has 4 N–H and O–H groups in total. The van der Waals surface area contributed by atoms with E-state index in [1.807, 2.05) is 19.1 Å². The molecule has 31 heavy (non-hydrogen) atoms. The summed E-state index contributed by atoms with van der Waals surface area (Å²) in [5.74, 6) is -0.368. The molecule has 7 nitrogen and oxygen atoms in total. The summed E-state index contributed by atoms with van der Waals surface area (Å²) in [6.07, 6.45) is 1.37. The fourth-order valence-corrected chi connectivity index (χ4v) is 6.78. The molecule has 0 unspecified atom stereocenters. The van der Waals surface area contributed by atoms with E-state index in [4.69, 9.17) is 5.73 Å². The Morgan fingerprint density at radius 3 is 2.68 bits per heavy atom. The van der Waals surface area contributed by atoms with Gasteiger partial charge in [0.15, 0.2) is 11.6 Å². The molecule has 2 aromatic rings. The predicted molar refractivity (Wildman–Crippen MR) is 123 cm³/mol. The van der Waals surface area contributed by atoms with Crippen LogP contribution >= 0.6 is 11.3 Å². The number of fused-ring (bicyclic) bond motifs is 2. The van der Waals surface area contributed by atoms with Crippen molar-refractivity contribution in [3.05, 3.63) is 51.9 Å². The normalized spacial score (nSPS) is 22.1. The van der Waals surface area contributed by atoms with Gasteiger partial charge in [-0.05, 0) is 42.2 Å². The van der Waals surface area contributed by atoms with Gasteiger partial charge in [0.05, 0.1) is 5.41 Å². The highest BCUT2D eigenvalue weighted by atomic mass is 32.2. The fourth-order valence-electron chi connectivity index (χ4n) is 4.15. The van der Waals surface area contributed by atoms with E-state index in [9.17, 15) is 18.3 Å². The molecule has 2 aliphatic rings. The molecule has 4 rings (SSSR count). The highest BCUT2D eigenvalue weighted by Crippen LogP contribution is 2.45. The van der Waals surface area contributed by atoms with Crippen molar-refractivity contribution in [2.24, 2.45) is 16.0 Å². The average molecular weight is 460 g/mol. The van der Waals surface area contributed by atoms with Gasteiger partial charge in [0.2, 0.25) is 0 Å². The molecule has 0 bridgehead atoms. The number of hydrogen-bond donors (Lipinski definition) is 3. The Balaban J connectivity index is 1.89. The number of thiophene rings is 1. The van der Waals surface area contributed by atoms with E-state index >= 15 is 0 Å². The fraction of sp³-hybridized carbons (Fsp3) is 0.364. The smallest absolute Gasteiger partial charge is 0.287 e. The number of anilines is 1. The summed E-state index contributed by atoms with van der Waals surface area (Å²) in [4.78, 5) is 13.8. The predicted octanol–water partition coefficient (Wildman–Crippen LogP) is 3.97. The Bertz CT molecular complexity index is 1240. The maximum Gasteiger partial charge on any atom is 0.287 e. The van der Waals surface area contributed by atoms with E-state index in [0.717, 1.165) is 12.0 Å². The minimum Gasteiger partial charge on any atom is -0.506 e. The maximum absolute atomic E-state index is 13.8. The number of carbonyl (C=O) groups is 1. The van der Waals surface area contributed by atoms with Gasteiger partial charge in [0, 0.05) is 12.1 Å². The van der Waals surface area contributed by atoms with Crippen molar-refractivity contribution in [2.45, 2.75) is 50.5 Å². The number of aliphatic hydroxyl groups is 1. The van der Waals surface area contributed by atoms with Gasteiger partial charge >= 0.3 is 0 Å². The Labute approximate surface area is 185 Å². The first-order valence-electron chi connectivity index (χ1n) is 10.1. The number of carbonyl (C=O) groups excluding carboxylic acids is 1. The van der Waals surface area contributed by atoms with Crippen molar-refractivity contribution >= 4 is 43.7 Å². The van der Waals surface area contributed by atoms with Crippen LogP contribution in [0.1, 0.15) is 50.3 Å². The molecule has 9 heteroatoms. The van der Waals surface area contributed by atoms with Crippen LogP contribution in [0.4, 0.5) is 5.00 Å². The zero-order chi connectivity index (χ0) is 22.6. The van der Waals surface area contributed by atoms with Crippen LogP contribution in [0.25, 0.3) is 5.76 Å². The number of nitrogens with zero attached hydrogens (tertiary/aromatic N) is 1. The van der Waals surface area contributed by atoms with Crippen LogP contribution in [0.5, 0.6) is 0 Å². The molecule has 0 radical (unpaired) electrons. The molecule has 1 aromatic carbocycles. The Kier molecular flexibility index (Phi) is 5.31. The molecule has 1 aliphatic heterocycles. The van der Waals surface area contributed by atoms with E-state index < -0.39 is 15.4 Å². The monoisotopic (exact) mass is 459 g/mol. The largest absolute Gasteiger partial charge is 0.506 e. The number of amidine groups is 1. The molecule has 1 atom stereocenters. The Morgan fingerprint density at radius 1 is 1.29 bits per heavy atom. The molecule has 0 saturated heterocycles. The SMILES string of the molecule is CC(C)CC[C@]1(C)C(=O)C(C2=NS(=O)(=O)c3c(CN)csc3N2)=C(O)c2ccccc21. The number of rotatable bonds is 5. The first kappa shape index (κ1) is 21.7. The van der Waals surface area contributed by atoms with Gasteiger partial charge in [0.25, 0.3) is 10.0 Å². The van der Waals surface area contributed by atoms with E-state index in [2.05, 4.69) is 23.6 Å². The van der Waals surface area contributed by atoms with Crippen molar-refractivity contribution in [3.63, 3.8) is 0 Å². The van der Waals surface area contributed by atoms with Gasteiger partial charge in [-0.1, -0.05) is 38.1 Å². The number of nitrogens with one attached hydrogen (secondary N) is 1. The van der Waals surface area contributed by atoms with E-state index in [1.54, 1.807) is 17.5 Å². The standard InChI is InChI=1S/C22H25N3O4S2/c1-12(2)8-9-22(3)15-7-5-4-6-14(15)17(26)16(19(22)27)20-24-21-18(31(28,29)25-20)13(10-23)11-30-21/h4-7,11-12,26H,8-10,23H2,1-3H3,(H,24,25)/t22-/m0/s1. The second-order valence-corrected chi connectivity index (χ2v) is 10.9. The van der Waals surface area contributed by atoms with Crippen LogP contribution in [0.15, 0.2) is 44.5 Å². The topological polar surface area (TPSA) is 122 Å². The lowest BCUT2D eigenvalue weighted by atomic mass is 9.66. The van der Waals surface area contributed by atoms with Gasteiger partial charge in [-0.25, -0.2) is 0 Å². The number of benzene rings is 1. The van der Waals surface area contributed by atoms with Crippen LogP contribution in [-0.4, -0.2) is 25.1 Å². The number of Topliss-reactive ketones (excluding diaryl/α,β-unsaturated/α-hetero) is 1. The van der Waals surface area contributed by atoms with Gasteiger partial charge in [-0.15, -0.1) is 15.7 Å². The molecular formula is C22H25N3O4S2. The second kappa shape index (κ2) is 7.58. The number of aliphatic hydroxyl groups excluding tert-OH is 1. The highest BCUT2D eigenvalue weighted by molar-refractivity contribution is 7.90. The quantitative estimate of drug-likeness (QED) is 0.622. The third kappa shape index (κ3) is 3.40. The summed E-state index contributed by atoms with van der Waals surface area (Å²) in [7, 11) is -4.07. The van der Waals surface area contributed by atoms with Crippen molar-refractivity contribution in [3.8, 4) is 0 Å². The lowest BCUT2D eigenvalue weighted by molar-refractivity contribution is -0.120. The summed E-state index contributed by atoms with van der Waals surface area (Å²) >= 11 is 1.18. The highest BCUT2D eigenvalue weighted by Gasteiger charge is 2.46. The first-order valence-corrected chi connectivity index (χ1v) is 12.4. The molecule has 0 saturated carbocycles. The van der Waals surface area contributed by atoms with Gasteiger partial charge in [0.1, 0.15) is 21.2 Å². The Hall–Kier alpha value is -2.49. The van der Waals surface area contributed by atoms with E-state index in [-0.39, 0.29) is 34.4 Å². The van der Waals surface area contributed by atoms with Crippen molar-refractivity contribution < 1.29 is 18.3 Å². The molecular weight excluding hydrogens is 434 g/mol. The number of hydrogen-bond acceptors (Lipinski definition) is 7. The summed E-state index contributed by atoms with van der Waals surface area (Å²) in [6.45, 7) is 6.09. The van der Waals surface area contributed by atoms with Gasteiger partial charge in [-0.3, -0.25) is 4.79 Å². The molecule has 2 heterocycles. The molecule has 0 amide bonds. The lowest BCUT2D eigenvalue weighted by Crippen LogP contribution is -2.42. The number of ketones is 1. The third-order valence-corrected chi connectivity index (χ3v) is 8.42. The molecule has 0 fully saturated rings. The van der Waals surface area contributed by atoms with Crippen molar-refractivity contribution in [1.82, 2.24) is 0 Å². The van der Waals surface area contributed by atoms with Crippen molar-refractivity contribution in [2.75, 3.05) is 5.32 Å². The molecule has 0 spiro atoms. The minimum atomic E-state index is -4.07. The zero-order valence-electron chi connectivity index (χ0n) is 17.6. The molecule has 1 aromatic heterocycles. The average Bonchev–Trinajstić information content (AvgIpc) is 3.15. The lowest BCUT2D eigenvalue weighted by Gasteiger charge is -2.36. The van der Waals surface area contributed by atoms with Gasteiger partial charge < -0.3 is 16.2 Å². The van der Waals surface area contributed by atoms with E-state index in [0.29, 0.717) is 28.5 Å². The van der Waals surface area contributed by atoms with Crippen LogP contribution in [0.2, 0.25) is 0 Å². The third-order valence-electron chi connectivity index (χ3n) is 5.94. The maximum atomic E-state index is 13.8. The van der Waals surface area contributed by atoms with Crippen molar-refractivity contribution in [1.29, 1.82) is 0 Å². The summed E-state index contributed by atoms with van der Waals surface area (Å²) < 4.78 is 29.7. The molecule has 1 aliphatic carbocycles. The summed E-state index contributed by atoms with van der Waals surface area (Å²) in [5, 5.41) is 16.0. The summed E-state index contributed by atoms with van der Waals surface area (Å²) in [5.41, 5.74) is 6.39. The molecule has 164 valence electrons. The van der Waals surface area contributed by atoms with Gasteiger partial charge in [-0.2, -0.15) is 8.42 Å². The van der Waals surface area contributed by atoms with Crippen LogP contribution in [0, 0.1) is 5.92 Å². The van der Waals surface area contributed by atoms with Crippen LogP contribution < -0.4 is 11.1 Å². The van der Waals surface area contributed by atoms with E-state index in [1.165, 1.54) is 11.3 Å². The number of sulfonamides is 1.